The van der Waals surface area contributed by atoms with Gasteiger partial charge in [-0.1, -0.05) is 84.9 Å². The second kappa shape index (κ2) is 22.3. The van der Waals surface area contributed by atoms with Crippen molar-refractivity contribution in [1.82, 2.24) is 10.6 Å². The fourth-order valence-electron chi connectivity index (χ4n) is 4.90. The van der Waals surface area contributed by atoms with Gasteiger partial charge in [0.05, 0.1) is 24.6 Å². The second-order valence-electron chi connectivity index (χ2n) is 11.6. The summed E-state index contributed by atoms with van der Waals surface area (Å²) in [5, 5.41) is 15.9. The molecular weight excluding hydrogens is 625 g/mol. The Labute approximate surface area is 289 Å². The van der Waals surface area contributed by atoms with Crippen molar-refractivity contribution in [3.05, 3.63) is 127 Å². The summed E-state index contributed by atoms with van der Waals surface area (Å²) in [6.45, 7) is 7.70. The van der Waals surface area contributed by atoms with Crippen LogP contribution in [0.4, 0.5) is 0 Å². The minimum atomic E-state index is -0.673. The molecule has 3 unspecified atom stereocenters. The molecule has 0 fully saturated rings. The van der Waals surface area contributed by atoms with Crippen molar-refractivity contribution in [1.29, 1.82) is 0 Å². The third-order valence-electron chi connectivity index (χ3n) is 7.50. The van der Waals surface area contributed by atoms with Crippen molar-refractivity contribution in [2.75, 3.05) is 19.0 Å². The van der Waals surface area contributed by atoms with Gasteiger partial charge in [-0.05, 0) is 54.5 Å². The van der Waals surface area contributed by atoms with Gasteiger partial charge in [-0.3, -0.25) is 14.4 Å². The van der Waals surface area contributed by atoms with Crippen LogP contribution in [0.1, 0.15) is 48.8 Å². The SMILES string of the molecule is C=CCCCC(=O)OCC(CSCc1ccccc1)NC(=O)C(CC=C)CC(=O)NC(CO)Cc1ccc(OCc2ccccc2)cc1. The van der Waals surface area contributed by atoms with Crippen LogP contribution in [0.5, 0.6) is 5.75 Å². The highest BCUT2D eigenvalue weighted by molar-refractivity contribution is 7.98. The van der Waals surface area contributed by atoms with E-state index in [0.29, 0.717) is 31.6 Å². The average molecular weight is 673 g/mol. The molecule has 0 saturated carbocycles. The number of esters is 1. The van der Waals surface area contributed by atoms with Crippen molar-refractivity contribution >= 4 is 29.5 Å². The fraction of sp³-hybridized carbons (Fsp3) is 0.359. The van der Waals surface area contributed by atoms with Crippen LogP contribution >= 0.6 is 11.8 Å². The standard InChI is InChI=1S/C39H48N2O6S/c1-3-5-8-18-38(44)47-27-35(29-48-28-32-16-11-7-12-17-32)41-39(45)33(13-4-2)24-37(43)40-34(25-42)23-30-19-21-36(22-20-30)46-26-31-14-9-6-10-15-31/h3-4,6-7,9-12,14-17,19-22,33-35,42H,1-2,5,8,13,18,23-29H2,(H,40,43)(H,41,45). The number of rotatable bonds is 23. The number of carbonyl (C=O) groups excluding carboxylic acids is 3. The Hall–Kier alpha value is -4.34. The van der Waals surface area contributed by atoms with E-state index < -0.39 is 18.0 Å². The van der Waals surface area contributed by atoms with Gasteiger partial charge in [0.15, 0.2) is 0 Å². The Bertz CT molecular complexity index is 1400. The summed E-state index contributed by atoms with van der Waals surface area (Å²) in [5.41, 5.74) is 3.15. The number of carbonyl (C=O) groups is 3. The maximum absolute atomic E-state index is 13.4. The number of hydrogen-bond acceptors (Lipinski definition) is 7. The van der Waals surface area contributed by atoms with Crippen LogP contribution < -0.4 is 15.4 Å². The third-order valence-corrected chi connectivity index (χ3v) is 8.68. The Morgan fingerprint density at radius 3 is 2.17 bits per heavy atom. The van der Waals surface area contributed by atoms with E-state index in [4.69, 9.17) is 9.47 Å². The highest BCUT2D eigenvalue weighted by atomic mass is 32.2. The number of aliphatic hydroxyl groups is 1. The highest BCUT2D eigenvalue weighted by Crippen LogP contribution is 2.17. The zero-order valence-electron chi connectivity index (χ0n) is 27.6. The molecule has 2 amide bonds. The van der Waals surface area contributed by atoms with Gasteiger partial charge in [0.2, 0.25) is 11.8 Å². The zero-order valence-corrected chi connectivity index (χ0v) is 28.4. The van der Waals surface area contributed by atoms with E-state index in [1.807, 2.05) is 84.9 Å². The number of nitrogens with one attached hydrogen (secondary N) is 2. The van der Waals surface area contributed by atoms with Crippen LogP contribution in [-0.2, 0) is 37.9 Å². The second-order valence-corrected chi connectivity index (χ2v) is 12.6. The van der Waals surface area contributed by atoms with Gasteiger partial charge in [-0.15, -0.1) is 13.2 Å². The summed E-state index contributed by atoms with van der Waals surface area (Å²) in [4.78, 5) is 38.8. The Morgan fingerprint density at radius 2 is 1.52 bits per heavy atom. The monoisotopic (exact) mass is 672 g/mol. The number of aliphatic hydroxyl groups excluding tert-OH is 1. The molecule has 0 spiro atoms. The summed E-state index contributed by atoms with van der Waals surface area (Å²) >= 11 is 1.63. The number of benzene rings is 3. The van der Waals surface area contributed by atoms with Crippen LogP contribution in [0.3, 0.4) is 0 Å². The van der Waals surface area contributed by atoms with Gasteiger partial charge >= 0.3 is 5.97 Å². The predicted molar refractivity (Wildman–Crippen MR) is 192 cm³/mol. The molecule has 0 saturated heterocycles. The maximum Gasteiger partial charge on any atom is 0.305 e. The Balaban J connectivity index is 1.53. The lowest BCUT2D eigenvalue weighted by Gasteiger charge is -2.23. The Kier molecular flexibility index (Phi) is 17.7. The molecule has 256 valence electrons. The molecule has 48 heavy (non-hydrogen) atoms. The van der Waals surface area contributed by atoms with Gasteiger partial charge < -0.3 is 25.2 Å². The van der Waals surface area contributed by atoms with Crippen molar-refractivity contribution in [2.45, 2.75) is 63.0 Å². The molecule has 0 aliphatic heterocycles. The van der Waals surface area contributed by atoms with E-state index in [9.17, 15) is 19.5 Å². The van der Waals surface area contributed by atoms with Gasteiger partial charge in [0.25, 0.3) is 0 Å². The first-order valence-corrected chi connectivity index (χ1v) is 17.5. The largest absolute Gasteiger partial charge is 0.489 e. The minimum Gasteiger partial charge on any atom is -0.489 e. The minimum absolute atomic E-state index is 0.0378. The molecule has 0 aliphatic carbocycles. The van der Waals surface area contributed by atoms with Crippen LogP contribution in [0.15, 0.2) is 110 Å². The topological polar surface area (TPSA) is 114 Å². The normalized spacial score (nSPS) is 12.6. The lowest BCUT2D eigenvalue weighted by atomic mass is 9.98. The van der Waals surface area contributed by atoms with Gasteiger partial charge in [-0.25, -0.2) is 0 Å². The van der Waals surface area contributed by atoms with Gasteiger partial charge in [-0.2, -0.15) is 11.8 Å². The van der Waals surface area contributed by atoms with Crippen LogP contribution in [0.25, 0.3) is 0 Å². The van der Waals surface area contributed by atoms with Crippen molar-refractivity contribution in [3.63, 3.8) is 0 Å². The number of allylic oxidation sites excluding steroid dienone is 2. The average Bonchev–Trinajstić information content (AvgIpc) is 3.10. The van der Waals surface area contributed by atoms with E-state index in [1.54, 1.807) is 23.9 Å². The molecule has 3 rings (SSSR count). The van der Waals surface area contributed by atoms with Crippen LogP contribution in [0, 0.1) is 5.92 Å². The number of ether oxygens (including phenoxy) is 2. The molecule has 9 heteroatoms. The molecule has 0 radical (unpaired) electrons. The molecule has 3 N–H and O–H groups in total. The number of hydrogen-bond donors (Lipinski definition) is 3. The van der Waals surface area contributed by atoms with E-state index in [-0.39, 0.29) is 43.8 Å². The summed E-state index contributed by atoms with van der Waals surface area (Å²) < 4.78 is 11.4. The van der Waals surface area contributed by atoms with Gasteiger partial charge in [0, 0.05) is 24.3 Å². The molecule has 3 aromatic rings. The first kappa shape index (κ1) is 38.1. The first-order chi connectivity index (χ1) is 23.4. The van der Waals surface area contributed by atoms with Crippen molar-refractivity contribution < 1.29 is 29.0 Å². The van der Waals surface area contributed by atoms with E-state index in [1.165, 1.54) is 0 Å². The fourth-order valence-corrected chi connectivity index (χ4v) is 5.91. The predicted octanol–water partition coefficient (Wildman–Crippen LogP) is 6.19. The molecule has 3 aromatic carbocycles. The molecule has 0 aromatic heterocycles. The molecule has 0 aliphatic rings. The van der Waals surface area contributed by atoms with Crippen molar-refractivity contribution in [3.8, 4) is 5.75 Å². The Morgan fingerprint density at radius 1 is 0.833 bits per heavy atom. The maximum atomic E-state index is 13.4. The number of unbranched alkanes of at least 4 members (excludes halogenated alkanes) is 1. The zero-order chi connectivity index (χ0) is 34.4. The quantitative estimate of drug-likeness (QED) is 0.0626. The molecular formula is C39H48N2O6S. The van der Waals surface area contributed by atoms with Crippen LogP contribution in [0.2, 0.25) is 0 Å². The lowest BCUT2D eigenvalue weighted by molar-refractivity contribution is -0.145. The lowest BCUT2D eigenvalue weighted by Crippen LogP contribution is -2.45. The van der Waals surface area contributed by atoms with E-state index >= 15 is 0 Å². The third kappa shape index (κ3) is 15.0. The summed E-state index contributed by atoms with van der Waals surface area (Å²) in [5.74, 6) is 0.335. The summed E-state index contributed by atoms with van der Waals surface area (Å²) in [6.07, 6.45) is 5.66. The summed E-state index contributed by atoms with van der Waals surface area (Å²) in [7, 11) is 0. The number of amides is 2. The first-order valence-electron chi connectivity index (χ1n) is 16.4. The molecule has 0 bridgehead atoms. The van der Waals surface area contributed by atoms with Crippen LogP contribution in [-0.4, -0.2) is 53.9 Å². The number of thioether (sulfide) groups is 1. The smallest absolute Gasteiger partial charge is 0.305 e. The van der Waals surface area contributed by atoms with Gasteiger partial charge in [0.1, 0.15) is 19.0 Å². The molecule has 0 heterocycles. The molecule has 8 nitrogen and oxygen atoms in total. The van der Waals surface area contributed by atoms with Crippen molar-refractivity contribution in [2.24, 2.45) is 5.92 Å². The highest BCUT2D eigenvalue weighted by Gasteiger charge is 2.25. The van der Waals surface area contributed by atoms with E-state index in [2.05, 4.69) is 23.8 Å². The summed E-state index contributed by atoms with van der Waals surface area (Å²) in [6, 6.07) is 26.5. The molecule has 3 atom stereocenters. The van der Waals surface area contributed by atoms with E-state index in [0.717, 1.165) is 34.6 Å².